The molecule has 0 saturated heterocycles. The van der Waals surface area contributed by atoms with Crippen molar-refractivity contribution in [2.24, 2.45) is 0 Å². The predicted molar refractivity (Wildman–Crippen MR) is 92.5 cm³/mol. The molecule has 4 nitrogen and oxygen atoms in total. The summed E-state index contributed by atoms with van der Waals surface area (Å²) in [4.78, 5) is 13.9. The van der Waals surface area contributed by atoms with Crippen LogP contribution in [-0.2, 0) is 33.9 Å². The number of hydrogen-bond acceptors (Lipinski definition) is 3. The zero-order valence-corrected chi connectivity index (χ0v) is 14.0. The van der Waals surface area contributed by atoms with Crippen LogP contribution in [0.25, 0.3) is 0 Å². The topological polar surface area (TPSA) is 38.8 Å². The molecular weight excluding hydrogens is 302 g/mol. The maximum atomic E-state index is 12.2. The number of fused-ring (bicyclic) bond motifs is 1. The van der Waals surface area contributed by atoms with Gasteiger partial charge in [0.05, 0.1) is 19.3 Å². The number of amides is 1. The average Bonchev–Trinajstić information content (AvgIpc) is 2.62. The number of nitrogens with zero attached hydrogens (tertiary/aromatic N) is 1. The minimum absolute atomic E-state index is 0.0200. The molecule has 1 unspecified atom stereocenters. The highest BCUT2D eigenvalue weighted by Crippen LogP contribution is 2.20. The van der Waals surface area contributed by atoms with Gasteiger partial charge in [0.15, 0.2) is 0 Å². The van der Waals surface area contributed by atoms with Crippen LogP contribution >= 0.6 is 0 Å². The Bertz CT molecular complexity index is 672. The molecule has 0 aliphatic carbocycles. The van der Waals surface area contributed by atoms with Crippen LogP contribution in [0.2, 0.25) is 0 Å². The largest absolute Gasteiger partial charge is 0.371 e. The zero-order valence-electron chi connectivity index (χ0n) is 14.0. The molecule has 3 rings (SSSR count). The number of carbonyl (C=O) groups is 1. The molecule has 0 bridgehead atoms. The molecule has 0 N–H and O–H groups in total. The Morgan fingerprint density at radius 3 is 2.62 bits per heavy atom. The molecule has 0 radical (unpaired) electrons. The summed E-state index contributed by atoms with van der Waals surface area (Å²) in [6, 6.07) is 18.2. The smallest absolute Gasteiger partial charge is 0.248 e. The SMILES string of the molecule is CN(CC1Cc2ccccc2CO1)C(=O)COCc1ccccc1. The first kappa shape index (κ1) is 16.7. The quantitative estimate of drug-likeness (QED) is 0.820. The van der Waals surface area contributed by atoms with Crippen molar-refractivity contribution in [3.05, 3.63) is 71.3 Å². The van der Waals surface area contributed by atoms with E-state index in [0.29, 0.717) is 19.8 Å². The van der Waals surface area contributed by atoms with Crippen molar-refractivity contribution >= 4 is 5.91 Å². The van der Waals surface area contributed by atoms with Gasteiger partial charge in [-0.2, -0.15) is 0 Å². The van der Waals surface area contributed by atoms with Crippen LogP contribution in [0.4, 0.5) is 0 Å². The molecule has 0 aromatic heterocycles. The van der Waals surface area contributed by atoms with Gasteiger partial charge < -0.3 is 14.4 Å². The molecule has 1 atom stereocenters. The summed E-state index contributed by atoms with van der Waals surface area (Å²) in [5.74, 6) is -0.0200. The van der Waals surface area contributed by atoms with E-state index >= 15 is 0 Å². The highest BCUT2D eigenvalue weighted by molar-refractivity contribution is 5.77. The molecular formula is C20H23NO3. The lowest BCUT2D eigenvalue weighted by Crippen LogP contribution is -2.39. The summed E-state index contributed by atoms with van der Waals surface area (Å²) in [6.45, 7) is 1.75. The van der Waals surface area contributed by atoms with Crippen LogP contribution in [0.15, 0.2) is 54.6 Å². The first-order chi connectivity index (χ1) is 11.7. The highest BCUT2D eigenvalue weighted by atomic mass is 16.5. The first-order valence-electron chi connectivity index (χ1n) is 8.26. The Hall–Kier alpha value is -2.17. The van der Waals surface area contributed by atoms with E-state index in [1.165, 1.54) is 11.1 Å². The van der Waals surface area contributed by atoms with Gasteiger partial charge in [-0.25, -0.2) is 0 Å². The van der Waals surface area contributed by atoms with Crippen molar-refractivity contribution in [1.82, 2.24) is 4.90 Å². The summed E-state index contributed by atoms with van der Waals surface area (Å²) in [5.41, 5.74) is 3.63. The third-order valence-electron chi connectivity index (χ3n) is 4.28. The van der Waals surface area contributed by atoms with E-state index in [4.69, 9.17) is 9.47 Å². The van der Waals surface area contributed by atoms with Crippen LogP contribution < -0.4 is 0 Å². The van der Waals surface area contributed by atoms with Gasteiger partial charge in [-0.3, -0.25) is 4.79 Å². The third-order valence-corrected chi connectivity index (χ3v) is 4.28. The molecule has 2 aromatic rings. The second-order valence-corrected chi connectivity index (χ2v) is 6.16. The van der Waals surface area contributed by atoms with Crippen LogP contribution in [0.1, 0.15) is 16.7 Å². The Balaban J connectivity index is 1.43. The summed E-state index contributed by atoms with van der Waals surface area (Å²) in [6.07, 6.45) is 0.890. The van der Waals surface area contributed by atoms with E-state index < -0.39 is 0 Å². The summed E-state index contributed by atoms with van der Waals surface area (Å²) in [7, 11) is 1.80. The van der Waals surface area contributed by atoms with Crippen molar-refractivity contribution in [1.29, 1.82) is 0 Å². The Morgan fingerprint density at radius 2 is 1.83 bits per heavy atom. The lowest BCUT2D eigenvalue weighted by Gasteiger charge is -2.29. The van der Waals surface area contributed by atoms with Crippen molar-refractivity contribution in [2.45, 2.75) is 25.7 Å². The zero-order chi connectivity index (χ0) is 16.8. The molecule has 24 heavy (non-hydrogen) atoms. The van der Waals surface area contributed by atoms with E-state index in [1.807, 2.05) is 42.5 Å². The monoisotopic (exact) mass is 325 g/mol. The predicted octanol–water partition coefficient (Wildman–Crippen LogP) is 2.80. The fraction of sp³-hybridized carbons (Fsp3) is 0.350. The van der Waals surface area contributed by atoms with Crippen LogP contribution in [0, 0.1) is 0 Å². The van der Waals surface area contributed by atoms with E-state index in [0.717, 1.165) is 12.0 Å². The minimum atomic E-state index is -0.0200. The van der Waals surface area contributed by atoms with E-state index in [2.05, 4.69) is 12.1 Å². The normalized spacial score (nSPS) is 16.5. The number of hydrogen-bond donors (Lipinski definition) is 0. The van der Waals surface area contributed by atoms with Crippen LogP contribution in [0.3, 0.4) is 0 Å². The third kappa shape index (κ3) is 4.43. The molecule has 0 fully saturated rings. The molecule has 1 heterocycles. The molecule has 2 aromatic carbocycles. The Labute approximate surface area is 143 Å². The van der Waals surface area contributed by atoms with Gasteiger partial charge in [-0.15, -0.1) is 0 Å². The molecule has 1 amide bonds. The van der Waals surface area contributed by atoms with Crippen molar-refractivity contribution in [2.75, 3.05) is 20.2 Å². The summed E-state index contributed by atoms with van der Waals surface area (Å²) < 4.78 is 11.4. The molecule has 0 saturated carbocycles. The molecule has 0 spiro atoms. The average molecular weight is 325 g/mol. The number of likely N-dealkylation sites (N-methyl/N-ethyl adjacent to an activating group) is 1. The lowest BCUT2D eigenvalue weighted by molar-refractivity contribution is -0.137. The van der Waals surface area contributed by atoms with Gasteiger partial charge in [0.25, 0.3) is 0 Å². The fourth-order valence-electron chi connectivity index (χ4n) is 2.87. The van der Waals surface area contributed by atoms with Gasteiger partial charge in [-0.05, 0) is 16.7 Å². The van der Waals surface area contributed by atoms with Crippen molar-refractivity contribution < 1.29 is 14.3 Å². The van der Waals surface area contributed by atoms with E-state index in [9.17, 15) is 4.79 Å². The Kier molecular flexibility index (Phi) is 5.62. The lowest BCUT2D eigenvalue weighted by atomic mass is 9.99. The van der Waals surface area contributed by atoms with E-state index in [-0.39, 0.29) is 18.6 Å². The van der Waals surface area contributed by atoms with Gasteiger partial charge in [0.2, 0.25) is 5.91 Å². The van der Waals surface area contributed by atoms with Gasteiger partial charge in [-0.1, -0.05) is 54.6 Å². The standard InChI is InChI=1S/C20H23NO3/c1-21(20(22)15-23-13-16-7-3-2-4-8-16)12-19-11-17-9-5-6-10-18(17)14-24-19/h2-10,19H,11-15H2,1H3. The van der Waals surface area contributed by atoms with E-state index in [1.54, 1.807) is 11.9 Å². The van der Waals surface area contributed by atoms with Crippen molar-refractivity contribution in [3.8, 4) is 0 Å². The van der Waals surface area contributed by atoms with Gasteiger partial charge in [0, 0.05) is 20.0 Å². The molecule has 126 valence electrons. The number of rotatable bonds is 6. The summed E-state index contributed by atoms with van der Waals surface area (Å²) in [5, 5.41) is 0. The molecule has 1 aliphatic heterocycles. The molecule has 4 heteroatoms. The second-order valence-electron chi connectivity index (χ2n) is 6.16. The summed E-state index contributed by atoms with van der Waals surface area (Å²) >= 11 is 0. The Morgan fingerprint density at radius 1 is 1.12 bits per heavy atom. The maximum Gasteiger partial charge on any atom is 0.248 e. The van der Waals surface area contributed by atoms with Crippen LogP contribution in [0.5, 0.6) is 0 Å². The fourth-order valence-corrected chi connectivity index (χ4v) is 2.87. The van der Waals surface area contributed by atoms with Gasteiger partial charge >= 0.3 is 0 Å². The number of benzene rings is 2. The minimum Gasteiger partial charge on any atom is -0.371 e. The van der Waals surface area contributed by atoms with Gasteiger partial charge in [0.1, 0.15) is 6.61 Å². The second kappa shape index (κ2) is 8.08. The highest BCUT2D eigenvalue weighted by Gasteiger charge is 2.22. The van der Waals surface area contributed by atoms with Crippen molar-refractivity contribution in [3.63, 3.8) is 0 Å². The molecule has 1 aliphatic rings. The first-order valence-corrected chi connectivity index (χ1v) is 8.26. The maximum absolute atomic E-state index is 12.2. The van der Waals surface area contributed by atoms with Crippen LogP contribution in [-0.4, -0.2) is 37.1 Å². The number of carbonyl (C=O) groups excluding carboxylic acids is 1. The number of ether oxygens (including phenoxy) is 2.